The molecule has 5 heterocycles. The van der Waals surface area contributed by atoms with Crippen LogP contribution in [0, 0.1) is 0 Å². The summed E-state index contributed by atoms with van der Waals surface area (Å²) in [5, 5.41) is 11.8. The number of aryl methyl sites for hydroxylation is 1. The molecule has 4 amide bonds. The van der Waals surface area contributed by atoms with Gasteiger partial charge in [-0.25, -0.2) is 9.59 Å². The van der Waals surface area contributed by atoms with E-state index in [1.54, 1.807) is 0 Å². The van der Waals surface area contributed by atoms with Gasteiger partial charge in [-0.1, -0.05) is 6.07 Å². The Morgan fingerprint density at radius 1 is 1.03 bits per heavy atom. The molecule has 6 rings (SSSR count). The van der Waals surface area contributed by atoms with E-state index in [4.69, 9.17) is 5.10 Å². The lowest BCUT2D eigenvalue weighted by molar-refractivity contribution is 0.206. The summed E-state index contributed by atoms with van der Waals surface area (Å²) in [6.07, 6.45) is 5.94. The van der Waals surface area contributed by atoms with Crippen LogP contribution in [0.1, 0.15) is 38.3 Å². The molecule has 3 aromatic rings. The molecule has 182 valence electrons. The molecule has 2 N–H and O–H groups in total. The van der Waals surface area contributed by atoms with Crippen LogP contribution in [0.25, 0.3) is 22.2 Å². The topological polar surface area (TPSA) is 95.4 Å². The maximum atomic E-state index is 12.7. The fraction of sp³-hybridized carbons (Fsp3) is 0.462. The van der Waals surface area contributed by atoms with E-state index in [1.165, 1.54) is 5.69 Å². The number of rotatable bonds is 3. The number of benzene rings is 1. The van der Waals surface area contributed by atoms with Crippen molar-refractivity contribution in [1.29, 1.82) is 0 Å². The van der Waals surface area contributed by atoms with Crippen LogP contribution in [0.5, 0.6) is 0 Å². The fourth-order valence-corrected chi connectivity index (χ4v) is 5.84. The zero-order chi connectivity index (χ0) is 24.0. The van der Waals surface area contributed by atoms with Crippen molar-refractivity contribution in [1.82, 2.24) is 29.9 Å². The van der Waals surface area contributed by atoms with Crippen LogP contribution in [0.4, 0.5) is 15.3 Å². The van der Waals surface area contributed by atoms with E-state index in [9.17, 15) is 9.59 Å². The molecule has 0 saturated carbocycles. The van der Waals surface area contributed by atoms with E-state index in [1.807, 2.05) is 41.1 Å². The summed E-state index contributed by atoms with van der Waals surface area (Å²) in [7, 11) is 0. The van der Waals surface area contributed by atoms with Gasteiger partial charge in [-0.15, -0.1) is 0 Å². The molecule has 3 aliphatic heterocycles. The number of hydrogen-bond donors (Lipinski definition) is 2. The molecule has 2 aromatic heterocycles. The molecule has 9 heteroatoms. The predicted octanol–water partition coefficient (Wildman–Crippen LogP) is 3.80. The molecule has 35 heavy (non-hydrogen) atoms. The minimum absolute atomic E-state index is 0.0183. The highest BCUT2D eigenvalue weighted by molar-refractivity contribution is 6.01. The van der Waals surface area contributed by atoms with Crippen molar-refractivity contribution < 1.29 is 9.59 Å². The van der Waals surface area contributed by atoms with Crippen molar-refractivity contribution >= 4 is 28.7 Å². The molecule has 2 saturated heterocycles. The summed E-state index contributed by atoms with van der Waals surface area (Å²) in [5.41, 5.74) is 4.58. The van der Waals surface area contributed by atoms with Crippen molar-refractivity contribution in [3.05, 3.63) is 42.2 Å². The normalized spacial score (nSPS) is 21.2. The number of pyridine rings is 1. The first-order valence-electron chi connectivity index (χ1n) is 12.6. The predicted molar refractivity (Wildman–Crippen MR) is 134 cm³/mol. The number of urea groups is 2. The SMILES string of the molecule is CCNC(=O)N1CCC2(CCn3nc(-c4cnc5cccc(NC(=O)N6CCCC6)c5c4)cc32)C1. The lowest BCUT2D eigenvalue weighted by Gasteiger charge is -2.23. The van der Waals surface area contributed by atoms with Crippen LogP contribution < -0.4 is 10.6 Å². The lowest BCUT2D eigenvalue weighted by atomic mass is 9.82. The third kappa shape index (κ3) is 3.79. The van der Waals surface area contributed by atoms with Crippen molar-refractivity contribution in [3.8, 4) is 11.3 Å². The number of amides is 4. The van der Waals surface area contributed by atoms with Gasteiger partial charge in [-0.2, -0.15) is 5.10 Å². The molecule has 1 spiro atoms. The number of anilines is 1. The van der Waals surface area contributed by atoms with E-state index >= 15 is 0 Å². The van der Waals surface area contributed by atoms with Gasteiger partial charge in [-0.3, -0.25) is 9.67 Å². The zero-order valence-electron chi connectivity index (χ0n) is 20.1. The quantitative estimate of drug-likeness (QED) is 0.605. The molecule has 1 unspecified atom stereocenters. The van der Waals surface area contributed by atoms with Gasteiger partial charge >= 0.3 is 12.1 Å². The maximum absolute atomic E-state index is 12.7. The van der Waals surface area contributed by atoms with E-state index in [-0.39, 0.29) is 17.5 Å². The van der Waals surface area contributed by atoms with Crippen LogP contribution in [0.2, 0.25) is 0 Å². The molecule has 0 radical (unpaired) electrons. The van der Waals surface area contributed by atoms with Gasteiger partial charge in [-0.05, 0) is 56.9 Å². The van der Waals surface area contributed by atoms with Crippen LogP contribution in [0.3, 0.4) is 0 Å². The molecule has 3 aliphatic rings. The molecular formula is C26H31N7O2. The van der Waals surface area contributed by atoms with Crippen molar-refractivity contribution in [2.45, 2.75) is 44.6 Å². The average Bonchev–Trinajstić information content (AvgIpc) is 3.66. The summed E-state index contributed by atoms with van der Waals surface area (Å²) < 4.78 is 2.10. The second-order valence-electron chi connectivity index (χ2n) is 9.90. The summed E-state index contributed by atoms with van der Waals surface area (Å²) in [6.45, 7) is 6.55. The van der Waals surface area contributed by atoms with E-state index < -0.39 is 0 Å². The van der Waals surface area contributed by atoms with E-state index in [0.717, 1.165) is 86.3 Å². The smallest absolute Gasteiger partial charge is 0.321 e. The summed E-state index contributed by atoms with van der Waals surface area (Å²) >= 11 is 0. The molecule has 0 aliphatic carbocycles. The van der Waals surface area contributed by atoms with Gasteiger partial charge in [0.2, 0.25) is 0 Å². The van der Waals surface area contributed by atoms with E-state index in [0.29, 0.717) is 6.54 Å². The molecule has 1 aromatic carbocycles. The first-order valence-corrected chi connectivity index (χ1v) is 12.6. The summed E-state index contributed by atoms with van der Waals surface area (Å²) in [4.78, 5) is 33.6. The highest BCUT2D eigenvalue weighted by Gasteiger charge is 2.46. The van der Waals surface area contributed by atoms with Gasteiger partial charge in [0.25, 0.3) is 0 Å². The second-order valence-corrected chi connectivity index (χ2v) is 9.90. The number of hydrogen-bond acceptors (Lipinski definition) is 4. The summed E-state index contributed by atoms with van der Waals surface area (Å²) in [5.74, 6) is 0. The molecule has 1 atom stereocenters. The average molecular weight is 474 g/mol. The van der Waals surface area contributed by atoms with Crippen LogP contribution in [-0.4, -0.2) is 69.4 Å². The first-order chi connectivity index (χ1) is 17.1. The number of fused-ring (bicyclic) bond motifs is 3. The van der Waals surface area contributed by atoms with Crippen LogP contribution in [0.15, 0.2) is 36.5 Å². The number of aromatic nitrogens is 3. The molecule has 0 bridgehead atoms. The largest absolute Gasteiger partial charge is 0.338 e. The minimum Gasteiger partial charge on any atom is -0.338 e. The highest BCUT2D eigenvalue weighted by atomic mass is 16.2. The number of likely N-dealkylation sites (tertiary alicyclic amines) is 2. The number of nitrogens with zero attached hydrogens (tertiary/aromatic N) is 5. The fourth-order valence-electron chi connectivity index (χ4n) is 5.84. The Hall–Kier alpha value is -3.62. The van der Waals surface area contributed by atoms with Crippen LogP contribution in [-0.2, 0) is 12.0 Å². The molecule has 9 nitrogen and oxygen atoms in total. The van der Waals surface area contributed by atoms with Gasteiger partial charge in [0.15, 0.2) is 0 Å². The molecule has 2 fully saturated rings. The third-order valence-corrected chi connectivity index (χ3v) is 7.75. The number of carbonyl (C=O) groups excluding carboxylic acids is 2. The first kappa shape index (κ1) is 21.9. The van der Waals surface area contributed by atoms with Gasteiger partial charge in [0.05, 0.1) is 16.9 Å². The zero-order valence-corrected chi connectivity index (χ0v) is 20.1. The summed E-state index contributed by atoms with van der Waals surface area (Å²) in [6, 6.07) is 10.0. The van der Waals surface area contributed by atoms with Gasteiger partial charge in [0.1, 0.15) is 0 Å². The Morgan fingerprint density at radius 2 is 1.86 bits per heavy atom. The Bertz CT molecular complexity index is 1300. The Morgan fingerprint density at radius 3 is 2.69 bits per heavy atom. The van der Waals surface area contributed by atoms with Crippen molar-refractivity contribution in [2.24, 2.45) is 0 Å². The number of carbonyl (C=O) groups is 2. The Balaban J connectivity index is 1.29. The van der Waals surface area contributed by atoms with E-state index in [2.05, 4.69) is 32.4 Å². The van der Waals surface area contributed by atoms with Crippen LogP contribution >= 0.6 is 0 Å². The third-order valence-electron chi connectivity index (χ3n) is 7.75. The second kappa shape index (κ2) is 8.55. The van der Waals surface area contributed by atoms with Gasteiger partial charge in [0, 0.05) is 67.5 Å². The van der Waals surface area contributed by atoms with Crippen molar-refractivity contribution in [3.63, 3.8) is 0 Å². The van der Waals surface area contributed by atoms with Crippen molar-refractivity contribution in [2.75, 3.05) is 38.0 Å². The number of nitrogens with one attached hydrogen (secondary N) is 2. The van der Waals surface area contributed by atoms with Gasteiger partial charge < -0.3 is 20.4 Å². The lowest BCUT2D eigenvalue weighted by Crippen LogP contribution is -2.40. The minimum atomic E-state index is -0.0544. The monoisotopic (exact) mass is 473 g/mol. The highest BCUT2D eigenvalue weighted by Crippen LogP contribution is 2.44. The Labute approximate surface area is 204 Å². The maximum Gasteiger partial charge on any atom is 0.321 e. The standard InChI is InChI=1S/C26H31N7O2/c1-2-27-24(34)32-12-8-26(17-32)9-13-33-23(26)15-22(30-33)18-14-19-20(28-16-18)6-5-7-21(19)29-25(35)31-10-3-4-11-31/h5-7,14-16H,2-4,8-13,17H2,1H3,(H,27,34)(H,29,35). The molecular weight excluding hydrogens is 442 g/mol. The Kier molecular flexibility index (Phi) is 5.35.